The molecule has 0 aliphatic heterocycles. The van der Waals surface area contributed by atoms with E-state index in [2.05, 4.69) is 16.4 Å². The smallest absolute Gasteiger partial charge is 0.159 e. The summed E-state index contributed by atoms with van der Waals surface area (Å²) in [6, 6.07) is 6.47. The quantitative estimate of drug-likeness (QED) is 0.940. The summed E-state index contributed by atoms with van der Waals surface area (Å²) < 4.78 is 5.31. The van der Waals surface area contributed by atoms with Gasteiger partial charge in [0.25, 0.3) is 0 Å². The molecule has 110 valence electrons. The SMILES string of the molecule is CNC1CCCc2nc(-c3ccc(OC)c(C)c3)ncc21. The zero-order chi connectivity index (χ0) is 14.8. The van der Waals surface area contributed by atoms with E-state index in [0.29, 0.717) is 6.04 Å². The average molecular weight is 283 g/mol. The van der Waals surface area contributed by atoms with Crippen molar-refractivity contribution >= 4 is 0 Å². The van der Waals surface area contributed by atoms with Crippen molar-refractivity contribution in [3.63, 3.8) is 0 Å². The molecule has 1 aromatic heterocycles. The zero-order valence-corrected chi connectivity index (χ0v) is 12.8. The van der Waals surface area contributed by atoms with Crippen molar-refractivity contribution in [1.82, 2.24) is 15.3 Å². The molecule has 1 aliphatic rings. The molecule has 1 aliphatic carbocycles. The fourth-order valence-corrected chi connectivity index (χ4v) is 3.00. The molecule has 21 heavy (non-hydrogen) atoms. The number of hydrogen-bond donors (Lipinski definition) is 1. The number of hydrogen-bond acceptors (Lipinski definition) is 4. The maximum absolute atomic E-state index is 5.31. The molecule has 2 aromatic rings. The van der Waals surface area contributed by atoms with Crippen LogP contribution < -0.4 is 10.1 Å². The first-order chi connectivity index (χ1) is 10.2. The molecular weight excluding hydrogens is 262 g/mol. The summed E-state index contributed by atoms with van der Waals surface area (Å²) in [5, 5.41) is 3.35. The Morgan fingerprint density at radius 2 is 2.19 bits per heavy atom. The van der Waals surface area contributed by atoms with Gasteiger partial charge in [-0.2, -0.15) is 0 Å². The summed E-state index contributed by atoms with van der Waals surface area (Å²) in [4.78, 5) is 9.35. The first kappa shape index (κ1) is 14.0. The van der Waals surface area contributed by atoms with E-state index >= 15 is 0 Å². The van der Waals surface area contributed by atoms with Crippen LogP contribution in [0.2, 0.25) is 0 Å². The van der Waals surface area contributed by atoms with Crippen molar-refractivity contribution < 1.29 is 4.74 Å². The molecule has 1 atom stereocenters. The summed E-state index contributed by atoms with van der Waals surface area (Å²) in [5.74, 6) is 1.70. The van der Waals surface area contributed by atoms with E-state index < -0.39 is 0 Å². The van der Waals surface area contributed by atoms with Crippen molar-refractivity contribution in [2.75, 3.05) is 14.2 Å². The molecule has 1 N–H and O–H groups in total. The van der Waals surface area contributed by atoms with E-state index in [1.54, 1.807) is 7.11 Å². The van der Waals surface area contributed by atoms with Gasteiger partial charge >= 0.3 is 0 Å². The standard InChI is InChI=1S/C17H21N3O/c1-11-9-12(7-8-16(11)21-3)17-19-10-13-14(18-2)5-4-6-15(13)20-17/h7-10,14,18H,4-6H2,1-3H3. The molecule has 0 saturated carbocycles. The zero-order valence-electron chi connectivity index (χ0n) is 12.8. The van der Waals surface area contributed by atoms with Crippen LogP contribution in [-0.4, -0.2) is 24.1 Å². The number of aromatic nitrogens is 2. The Bertz CT molecular complexity index is 654. The van der Waals surface area contributed by atoms with Crippen LogP contribution in [0.3, 0.4) is 0 Å². The predicted molar refractivity (Wildman–Crippen MR) is 83.5 cm³/mol. The predicted octanol–water partition coefficient (Wildman–Crippen LogP) is 3.06. The number of fused-ring (bicyclic) bond motifs is 1. The average Bonchev–Trinajstić information content (AvgIpc) is 2.53. The van der Waals surface area contributed by atoms with Gasteiger partial charge in [0, 0.05) is 29.1 Å². The van der Waals surface area contributed by atoms with Crippen molar-refractivity contribution in [1.29, 1.82) is 0 Å². The lowest BCUT2D eigenvalue weighted by molar-refractivity contribution is 0.412. The number of ether oxygens (including phenoxy) is 1. The molecule has 1 aromatic carbocycles. The minimum atomic E-state index is 0.389. The van der Waals surface area contributed by atoms with Crippen molar-refractivity contribution in [2.45, 2.75) is 32.2 Å². The van der Waals surface area contributed by atoms with E-state index in [1.165, 1.54) is 17.7 Å². The number of nitrogens with zero attached hydrogens (tertiary/aromatic N) is 2. The van der Waals surface area contributed by atoms with Crippen LogP contribution in [0.15, 0.2) is 24.4 Å². The Kier molecular flexibility index (Phi) is 3.88. The second-order valence-corrected chi connectivity index (χ2v) is 5.51. The highest BCUT2D eigenvalue weighted by molar-refractivity contribution is 5.59. The van der Waals surface area contributed by atoms with Crippen LogP contribution in [-0.2, 0) is 6.42 Å². The number of nitrogens with one attached hydrogen (secondary N) is 1. The van der Waals surface area contributed by atoms with E-state index in [0.717, 1.165) is 35.5 Å². The van der Waals surface area contributed by atoms with Crippen LogP contribution in [0, 0.1) is 6.92 Å². The van der Waals surface area contributed by atoms with E-state index in [9.17, 15) is 0 Å². The van der Waals surface area contributed by atoms with Crippen molar-refractivity contribution in [3.05, 3.63) is 41.2 Å². The highest BCUT2D eigenvalue weighted by Crippen LogP contribution is 2.30. The highest BCUT2D eigenvalue weighted by atomic mass is 16.5. The van der Waals surface area contributed by atoms with Gasteiger partial charge in [-0.25, -0.2) is 9.97 Å². The highest BCUT2D eigenvalue weighted by Gasteiger charge is 2.21. The Balaban J connectivity index is 1.98. The molecule has 1 unspecified atom stereocenters. The topological polar surface area (TPSA) is 47.0 Å². The Hall–Kier alpha value is -1.94. The summed E-state index contributed by atoms with van der Waals surface area (Å²) in [6.07, 6.45) is 5.36. The summed E-state index contributed by atoms with van der Waals surface area (Å²) in [7, 11) is 3.69. The molecule has 3 rings (SSSR count). The second-order valence-electron chi connectivity index (χ2n) is 5.51. The fourth-order valence-electron chi connectivity index (χ4n) is 3.00. The summed E-state index contributed by atoms with van der Waals surface area (Å²) in [5.41, 5.74) is 4.57. The van der Waals surface area contributed by atoms with Crippen LogP contribution >= 0.6 is 0 Å². The number of methoxy groups -OCH3 is 1. The maximum Gasteiger partial charge on any atom is 0.159 e. The molecule has 1 heterocycles. The lowest BCUT2D eigenvalue weighted by Gasteiger charge is -2.24. The minimum absolute atomic E-state index is 0.389. The molecule has 0 fully saturated rings. The van der Waals surface area contributed by atoms with Gasteiger partial charge in [-0.3, -0.25) is 0 Å². The largest absolute Gasteiger partial charge is 0.496 e. The van der Waals surface area contributed by atoms with E-state index in [1.807, 2.05) is 32.3 Å². The van der Waals surface area contributed by atoms with Crippen molar-refractivity contribution in [2.24, 2.45) is 0 Å². The molecule has 0 amide bonds. The van der Waals surface area contributed by atoms with Gasteiger partial charge in [0.1, 0.15) is 5.75 Å². The maximum atomic E-state index is 5.31. The fraction of sp³-hybridized carbons (Fsp3) is 0.412. The molecule has 0 radical (unpaired) electrons. The molecule has 4 heteroatoms. The van der Waals surface area contributed by atoms with Gasteiger partial charge in [-0.15, -0.1) is 0 Å². The van der Waals surface area contributed by atoms with Crippen LogP contribution in [0.25, 0.3) is 11.4 Å². The first-order valence-electron chi connectivity index (χ1n) is 7.41. The third-order valence-corrected chi connectivity index (χ3v) is 4.18. The number of aryl methyl sites for hydroxylation is 2. The molecule has 0 spiro atoms. The van der Waals surface area contributed by atoms with E-state index in [-0.39, 0.29) is 0 Å². The molecule has 0 saturated heterocycles. The monoisotopic (exact) mass is 283 g/mol. The summed E-state index contributed by atoms with van der Waals surface area (Å²) in [6.45, 7) is 2.04. The van der Waals surface area contributed by atoms with Crippen LogP contribution in [0.5, 0.6) is 5.75 Å². The Labute approximate surface area is 125 Å². The van der Waals surface area contributed by atoms with Gasteiger partial charge in [0.2, 0.25) is 0 Å². The van der Waals surface area contributed by atoms with Gasteiger partial charge in [0.15, 0.2) is 5.82 Å². The lowest BCUT2D eigenvalue weighted by Crippen LogP contribution is -2.22. The first-order valence-corrected chi connectivity index (χ1v) is 7.41. The van der Waals surface area contributed by atoms with Gasteiger partial charge in [-0.05, 0) is 57.0 Å². The van der Waals surface area contributed by atoms with Gasteiger partial charge < -0.3 is 10.1 Å². The number of rotatable bonds is 3. The van der Waals surface area contributed by atoms with Crippen LogP contribution in [0.4, 0.5) is 0 Å². The van der Waals surface area contributed by atoms with Gasteiger partial charge in [-0.1, -0.05) is 0 Å². The second kappa shape index (κ2) is 5.82. The molecule has 4 nitrogen and oxygen atoms in total. The summed E-state index contributed by atoms with van der Waals surface area (Å²) >= 11 is 0. The molecular formula is C17H21N3O. The van der Waals surface area contributed by atoms with Gasteiger partial charge in [0.05, 0.1) is 7.11 Å². The van der Waals surface area contributed by atoms with Crippen LogP contribution in [0.1, 0.15) is 35.7 Å². The Morgan fingerprint density at radius 3 is 2.90 bits per heavy atom. The van der Waals surface area contributed by atoms with E-state index in [4.69, 9.17) is 9.72 Å². The lowest BCUT2D eigenvalue weighted by atomic mass is 9.92. The third-order valence-electron chi connectivity index (χ3n) is 4.18. The normalized spacial score (nSPS) is 17.4. The Morgan fingerprint density at radius 1 is 1.33 bits per heavy atom. The minimum Gasteiger partial charge on any atom is -0.496 e. The third kappa shape index (κ3) is 2.63. The number of benzene rings is 1. The molecule has 0 bridgehead atoms. The van der Waals surface area contributed by atoms with Crippen molar-refractivity contribution in [3.8, 4) is 17.1 Å².